The van der Waals surface area contributed by atoms with Gasteiger partial charge in [-0.1, -0.05) is 60.7 Å². The number of benzene rings is 5. The van der Waals surface area contributed by atoms with Gasteiger partial charge in [-0.05, 0) is 86.4 Å². The van der Waals surface area contributed by atoms with E-state index in [4.69, 9.17) is 14.2 Å². The average molecular weight is 540 g/mol. The number of hydrogen-bond donors (Lipinski definition) is 1. The first-order valence-corrected chi connectivity index (χ1v) is 12.5. The number of rotatable bonds is 9. The summed E-state index contributed by atoms with van der Waals surface area (Å²) in [6.07, 6.45) is 0. The van der Waals surface area contributed by atoms with Crippen LogP contribution in [-0.4, -0.2) is 7.11 Å². The molecule has 0 aliphatic carbocycles. The molecule has 4 nitrogen and oxygen atoms in total. The predicted molar refractivity (Wildman–Crippen MR) is 149 cm³/mol. The second-order valence-corrected chi connectivity index (χ2v) is 9.18. The van der Waals surface area contributed by atoms with Gasteiger partial charge in [-0.2, -0.15) is 0 Å². The fourth-order valence-electron chi connectivity index (χ4n) is 4.05. The Kier molecular flexibility index (Phi) is 7.39. The van der Waals surface area contributed by atoms with Gasteiger partial charge in [0.25, 0.3) is 0 Å². The minimum absolute atomic E-state index is 0.450. The van der Waals surface area contributed by atoms with Crippen LogP contribution in [0.3, 0.4) is 0 Å². The summed E-state index contributed by atoms with van der Waals surface area (Å²) < 4.78 is 18.6. The Morgan fingerprint density at radius 2 is 1.47 bits per heavy atom. The van der Waals surface area contributed by atoms with Crippen molar-refractivity contribution in [2.24, 2.45) is 0 Å². The molecule has 5 rings (SSSR count). The van der Waals surface area contributed by atoms with Crippen molar-refractivity contribution in [3.63, 3.8) is 0 Å². The number of fused-ring (bicyclic) bond motifs is 1. The van der Waals surface area contributed by atoms with Crippen molar-refractivity contribution >= 4 is 32.4 Å². The summed E-state index contributed by atoms with van der Waals surface area (Å²) >= 11 is 3.68. The van der Waals surface area contributed by atoms with Crippen LogP contribution in [0.25, 0.3) is 10.8 Å². The number of nitrogens with one attached hydrogen (secondary N) is 1. The molecule has 1 N–H and O–H groups in total. The number of anilines is 1. The first kappa shape index (κ1) is 23.8. The summed E-state index contributed by atoms with van der Waals surface area (Å²) in [7, 11) is 1.66. The molecule has 0 radical (unpaired) electrons. The molecular formula is C31H26BrNO3. The van der Waals surface area contributed by atoms with Crippen molar-refractivity contribution in [3.8, 4) is 23.0 Å². The van der Waals surface area contributed by atoms with E-state index in [0.29, 0.717) is 24.7 Å². The first-order valence-electron chi connectivity index (χ1n) is 11.7. The van der Waals surface area contributed by atoms with Crippen LogP contribution >= 0.6 is 15.9 Å². The minimum Gasteiger partial charge on any atom is -0.493 e. The van der Waals surface area contributed by atoms with Crippen molar-refractivity contribution in [2.75, 3.05) is 12.4 Å². The van der Waals surface area contributed by atoms with Gasteiger partial charge in [-0.3, -0.25) is 0 Å². The van der Waals surface area contributed by atoms with Gasteiger partial charge in [-0.15, -0.1) is 0 Å². The maximum absolute atomic E-state index is 6.23. The quantitative estimate of drug-likeness (QED) is 0.203. The molecule has 0 aliphatic rings. The van der Waals surface area contributed by atoms with Crippen molar-refractivity contribution < 1.29 is 14.2 Å². The van der Waals surface area contributed by atoms with E-state index in [1.54, 1.807) is 7.11 Å². The van der Waals surface area contributed by atoms with Gasteiger partial charge < -0.3 is 19.5 Å². The van der Waals surface area contributed by atoms with Gasteiger partial charge in [0.15, 0.2) is 11.5 Å². The Hall–Kier alpha value is -3.96. The highest BCUT2D eigenvalue weighted by molar-refractivity contribution is 9.10. The fraction of sp³-hybridized carbons (Fsp3) is 0.0968. The minimum atomic E-state index is 0.450. The van der Waals surface area contributed by atoms with Crippen LogP contribution < -0.4 is 19.5 Å². The van der Waals surface area contributed by atoms with Crippen molar-refractivity contribution in [1.29, 1.82) is 0 Å². The lowest BCUT2D eigenvalue weighted by molar-refractivity contribution is 0.283. The predicted octanol–water partition coefficient (Wildman–Crippen LogP) is 8.59. The Labute approximate surface area is 219 Å². The highest BCUT2D eigenvalue weighted by Gasteiger charge is 2.13. The van der Waals surface area contributed by atoms with Crippen LogP contribution in [0.15, 0.2) is 114 Å². The maximum atomic E-state index is 6.23. The maximum Gasteiger partial charge on any atom is 0.175 e. The molecule has 0 fully saturated rings. The molecule has 0 saturated carbocycles. The summed E-state index contributed by atoms with van der Waals surface area (Å²) in [5, 5.41) is 5.85. The molecule has 5 aromatic rings. The molecule has 0 saturated heterocycles. The van der Waals surface area contributed by atoms with Gasteiger partial charge in [0.2, 0.25) is 0 Å². The summed E-state index contributed by atoms with van der Waals surface area (Å²) in [4.78, 5) is 0. The largest absolute Gasteiger partial charge is 0.493 e. The van der Waals surface area contributed by atoms with Crippen LogP contribution in [0.2, 0.25) is 0 Å². The van der Waals surface area contributed by atoms with Crippen LogP contribution in [0.1, 0.15) is 11.1 Å². The topological polar surface area (TPSA) is 39.7 Å². The summed E-state index contributed by atoms with van der Waals surface area (Å²) in [6.45, 7) is 1.09. The SMILES string of the molecule is COc1cc(CNc2ccc(Oc3ccccc3)cc2)cc(Br)c1OCc1cccc2ccccc12. The molecule has 0 unspecified atom stereocenters. The summed E-state index contributed by atoms with van der Waals surface area (Å²) in [6, 6.07) is 36.3. The summed E-state index contributed by atoms with van der Waals surface area (Å²) in [5.41, 5.74) is 3.20. The van der Waals surface area contributed by atoms with Gasteiger partial charge in [0.05, 0.1) is 11.6 Å². The second kappa shape index (κ2) is 11.2. The first-order chi connectivity index (χ1) is 17.7. The van der Waals surface area contributed by atoms with Crippen LogP contribution in [0.4, 0.5) is 5.69 Å². The standard InChI is InChI=1S/C31H26BrNO3/c1-34-30-19-22(20-33-25-14-16-27(17-15-25)36-26-11-3-2-4-12-26)18-29(32)31(30)35-21-24-10-7-9-23-8-5-6-13-28(23)24/h2-19,33H,20-21H2,1H3. The molecule has 0 atom stereocenters. The second-order valence-electron chi connectivity index (χ2n) is 8.33. The number of methoxy groups -OCH3 is 1. The van der Waals surface area contributed by atoms with Gasteiger partial charge in [-0.25, -0.2) is 0 Å². The van der Waals surface area contributed by atoms with E-state index in [9.17, 15) is 0 Å². The smallest absolute Gasteiger partial charge is 0.175 e. The van der Waals surface area contributed by atoms with Gasteiger partial charge in [0.1, 0.15) is 18.1 Å². The number of halogens is 1. The van der Waals surface area contributed by atoms with Gasteiger partial charge in [0, 0.05) is 12.2 Å². The molecular weight excluding hydrogens is 514 g/mol. The zero-order chi connectivity index (χ0) is 24.7. The third-order valence-corrected chi connectivity index (χ3v) is 6.46. The lowest BCUT2D eigenvalue weighted by Gasteiger charge is -2.16. The van der Waals surface area contributed by atoms with Crippen molar-refractivity contribution in [3.05, 3.63) is 125 Å². The zero-order valence-electron chi connectivity index (χ0n) is 19.9. The molecule has 0 spiro atoms. The summed E-state index contributed by atoms with van der Waals surface area (Å²) in [5.74, 6) is 2.99. The Balaban J connectivity index is 1.24. The molecule has 5 aromatic carbocycles. The molecule has 36 heavy (non-hydrogen) atoms. The lowest BCUT2D eigenvalue weighted by atomic mass is 10.1. The fourth-order valence-corrected chi connectivity index (χ4v) is 4.66. The average Bonchev–Trinajstić information content (AvgIpc) is 2.92. The molecule has 0 aliphatic heterocycles. The molecule has 0 heterocycles. The van der Waals surface area contributed by atoms with E-state index in [1.165, 1.54) is 10.8 Å². The Bertz CT molecular complexity index is 1450. The molecule has 180 valence electrons. The molecule has 0 bridgehead atoms. The van der Waals surface area contributed by atoms with E-state index >= 15 is 0 Å². The normalized spacial score (nSPS) is 10.7. The van der Waals surface area contributed by atoms with Crippen LogP contribution in [0.5, 0.6) is 23.0 Å². The molecule has 0 aromatic heterocycles. The number of para-hydroxylation sites is 1. The third kappa shape index (κ3) is 5.64. The van der Waals surface area contributed by atoms with Crippen LogP contribution in [0, 0.1) is 0 Å². The number of ether oxygens (including phenoxy) is 3. The number of hydrogen-bond acceptors (Lipinski definition) is 4. The van der Waals surface area contributed by atoms with Crippen molar-refractivity contribution in [2.45, 2.75) is 13.2 Å². The molecule has 0 amide bonds. The van der Waals surface area contributed by atoms with Crippen molar-refractivity contribution in [1.82, 2.24) is 0 Å². The van der Waals surface area contributed by atoms with E-state index in [2.05, 4.69) is 57.6 Å². The van der Waals surface area contributed by atoms with E-state index in [1.807, 2.05) is 72.8 Å². The Morgan fingerprint density at radius 1 is 0.750 bits per heavy atom. The van der Waals surface area contributed by atoms with Gasteiger partial charge >= 0.3 is 0 Å². The molecule has 5 heteroatoms. The van der Waals surface area contributed by atoms with E-state index in [0.717, 1.165) is 32.8 Å². The zero-order valence-corrected chi connectivity index (χ0v) is 21.5. The lowest BCUT2D eigenvalue weighted by Crippen LogP contribution is -2.03. The highest BCUT2D eigenvalue weighted by atomic mass is 79.9. The highest BCUT2D eigenvalue weighted by Crippen LogP contribution is 2.38. The third-order valence-electron chi connectivity index (χ3n) is 5.87. The van der Waals surface area contributed by atoms with Crippen LogP contribution in [-0.2, 0) is 13.2 Å². The monoisotopic (exact) mass is 539 g/mol. The van der Waals surface area contributed by atoms with E-state index in [-0.39, 0.29) is 0 Å². The Morgan fingerprint density at radius 3 is 2.28 bits per heavy atom. The van der Waals surface area contributed by atoms with E-state index < -0.39 is 0 Å².